The van der Waals surface area contributed by atoms with E-state index in [-0.39, 0.29) is 16.9 Å². The number of nitrogens with one attached hydrogen (secondary N) is 1. The van der Waals surface area contributed by atoms with Crippen LogP contribution in [-0.2, 0) is 4.79 Å². The van der Waals surface area contributed by atoms with E-state index in [9.17, 15) is 4.79 Å². The predicted octanol–water partition coefficient (Wildman–Crippen LogP) is 3.47. The second-order valence-corrected chi connectivity index (χ2v) is 8.50. The Hall–Kier alpha value is -0.570. The van der Waals surface area contributed by atoms with Crippen molar-refractivity contribution >= 4 is 5.91 Å². The number of amides is 1. The maximum absolute atomic E-state index is 12.2. The van der Waals surface area contributed by atoms with E-state index in [2.05, 4.69) is 39.9 Å². The molecule has 118 valence electrons. The standard InChI is InChI=1S/C17H34N2O/c1-16(2,3)12-17(4,5)19-15(20)10-13-6-8-14(11-18)9-7-13/h13-14H,6-12,18H2,1-5H3,(H,19,20). The van der Waals surface area contributed by atoms with Crippen LogP contribution in [0.25, 0.3) is 0 Å². The first-order valence-electron chi connectivity index (χ1n) is 8.12. The lowest BCUT2D eigenvalue weighted by molar-refractivity contribution is -0.124. The molecule has 3 N–H and O–H groups in total. The van der Waals surface area contributed by atoms with E-state index in [1.54, 1.807) is 0 Å². The van der Waals surface area contributed by atoms with Crippen molar-refractivity contribution in [3.63, 3.8) is 0 Å². The molecule has 20 heavy (non-hydrogen) atoms. The summed E-state index contributed by atoms with van der Waals surface area (Å²) >= 11 is 0. The molecule has 1 rings (SSSR count). The Morgan fingerprint density at radius 2 is 1.55 bits per heavy atom. The summed E-state index contributed by atoms with van der Waals surface area (Å²) in [5.41, 5.74) is 5.82. The summed E-state index contributed by atoms with van der Waals surface area (Å²) in [6.45, 7) is 11.7. The second-order valence-electron chi connectivity index (χ2n) is 8.50. The van der Waals surface area contributed by atoms with Gasteiger partial charge in [-0.25, -0.2) is 0 Å². The molecule has 3 heteroatoms. The van der Waals surface area contributed by atoms with Gasteiger partial charge < -0.3 is 11.1 Å². The number of nitrogens with two attached hydrogens (primary N) is 1. The van der Waals surface area contributed by atoms with Gasteiger partial charge in [0.15, 0.2) is 0 Å². The molecule has 0 heterocycles. The van der Waals surface area contributed by atoms with Crippen molar-refractivity contribution in [3.8, 4) is 0 Å². The topological polar surface area (TPSA) is 55.1 Å². The van der Waals surface area contributed by atoms with Crippen LogP contribution in [0, 0.1) is 17.3 Å². The molecule has 0 spiro atoms. The molecule has 0 saturated heterocycles. The van der Waals surface area contributed by atoms with Crippen molar-refractivity contribution in [2.24, 2.45) is 23.0 Å². The number of hydrogen-bond acceptors (Lipinski definition) is 2. The smallest absolute Gasteiger partial charge is 0.220 e. The second kappa shape index (κ2) is 6.93. The van der Waals surface area contributed by atoms with Gasteiger partial charge in [-0.05, 0) is 69.7 Å². The Bertz CT molecular complexity index is 309. The maximum atomic E-state index is 12.2. The minimum Gasteiger partial charge on any atom is -0.351 e. The van der Waals surface area contributed by atoms with Gasteiger partial charge in [0.05, 0.1) is 0 Å². The highest BCUT2D eigenvalue weighted by Crippen LogP contribution is 2.31. The van der Waals surface area contributed by atoms with Crippen LogP contribution in [0.15, 0.2) is 0 Å². The molecule has 0 aliphatic heterocycles. The van der Waals surface area contributed by atoms with E-state index in [0.717, 1.165) is 25.8 Å². The third-order valence-electron chi connectivity index (χ3n) is 4.22. The van der Waals surface area contributed by atoms with Gasteiger partial charge in [0, 0.05) is 12.0 Å². The third kappa shape index (κ3) is 6.74. The van der Waals surface area contributed by atoms with Crippen LogP contribution < -0.4 is 11.1 Å². The predicted molar refractivity (Wildman–Crippen MR) is 85.4 cm³/mol. The molecule has 0 atom stereocenters. The Morgan fingerprint density at radius 3 is 2.00 bits per heavy atom. The lowest BCUT2D eigenvalue weighted by atomic mass is 9.79. The van der Waals surface area contributed by atoms with E-state index in [0.29, 0.717) is 18.3 Å². The largest absolute Gasteiger partial charge is 0.351 e. The Labute approximate surface area is 125 Å². The molecular weight excluding hydrogens is 248 g/mol. The molecule has 3 nitrogen and oxygen atoms in total. The molecule has 1 aliphatic rings. The van der Waals surface area contributed by atoms with Crippen LogP contribution in [0.1, 0.15) is 73.1 Å². The minimum absolute atomic E-state index is 0.121. The van der Waals surface area contributed by atoms with Crippen LogP contribution in [0.3, 0.4) is 0 Å². The van der Waals surface area contributed by atoms with Crippen LogP contribution >= 0.6 is 0 Å². The lowest BCUT2D eigenvalue weighted by Crippen LogP contribution is -2.46. The number of carbonyl (C=O) groups excluding carboxylic acids is 1. The van der Waals surface area contributed by atoms with Crippen LogP contribution in [0.2, 0.25) is 0 Å². The highest BCUT2D eigenvalue weighted by atomic mass is 16.1. The molecule has 0 aromatic carbocycles. The summed E-state index contributed by atoms with van der Waals surface area (Å²) < 4.78 is 0. The molecule has 0 radical (unpaired) electrons. The first-order valence-corrected chi connectivity index (χ1v) is 8.12. The zero-order valence-electron chi connectivity index (χ0n) is 14.1. The Balaban J connectivity index is 2.36. The molecule has 1 aliphatic carbocycles. The first kappa shape index (κ1) is 17.5. The first-order chi connectivity index (χ1) is 9.11. The average Bonchev–Trinajstić information content (AvgIpc) is 2.25. The molecule has 1 saturated carbocycles. The minimum atomic E-state index is -0.121. The molecule has 1 amide bonds. The quantitative estimate of drug-likeness (QED) is 0.811. The van der Waals surface area contributed by atoms with E-state index in [1.807, 2.05) is 0 Å². The fourth-order valence-corrected chi connectivity index (χ4v) is 3.73. The highest BCUT2D eigenvalue weighted by Gasteiger charge is 2.28. The van der Waals surface area contributed by atoms with E-state index in [4.69, 9.17) is 5.73 Å². The van der Waals surface area contributed by atoms with Crippen LogP contribution in [0.4, 0.5) is 0 Å². The summed E-state index contributed by atoms with van der Waals surface area (Å²) in [7, 11) is 0. The van der Waals surface area contributed by atoms with Gasteiger partial charge in [-0.15, -0.1) is 0 Å². The van der Waals surface area contributed by atoms with Gasteiger partial charge >= 0.3 is 0 Å². The lowest BCUT2D eigenvalue weighted by Gasteiger charge is -2.34. The SMILES string of the molecule is CC(C)(C)CC(C)(C)NC(=O)CC1CCC(CN)CC1. The molecule has 0 aromatic rings. The molecular formula is C17H34N2O. The number of hydrogen-bond donors (Lipinski definition) is 2. The molecule has 0 bridgehead atoms. The van der Waals surface area contributed by atoms with Gasteiger partial charge in [0.1, 0.15) is 0 Å². The van der Waals surface area contributed by atoms with Gasteiger partial charge in [-0.1, -0.05) is 20.8 Å². The van der Waals surface area contributed by atoms with Gasteiger partial charge in [0.2, 0.25) is 5.91 Å². The zero-order chi connectivity index (χ0) is 15.4. The Kier molecular flexibility index (Phi) is 6.06. The summed E-state index contributed by atoms with van der Waals surface area (Å²) in [6.07, 6.45) is 6.39. The van der Waals surface area contributed by atoms with Gasteiger partial charge in [-0.3, -0.25) is 4.79 Å². The van der Waals surface area contributed by atoms with Crippen molar-refractivity contribution in [2.75, 3.05) is 6.54 Å². The van der Waals surface area contributed by atoms with Crippen LogP contribution in [0.5, 0.6) is 0 Å². The summed E-state index contributed by atoms with van der Waals surface area (Å²) in [5.74, 6) is 1.46. The highest BCUT2D eigenvalue weighted by molar-refractivity contribution is 5.77. The molecule has 0 unspecified atom stereocenters. The fraction of sp³-hybridized carbons (Fsp3) is 0.941. The van der Waals surface area contributed by atoms with Crippen molar-refractivity contribution in [3.05, 3.63) is 0 Å². The van der Waals surface area contributed by atoms with E-state index >= 15 is 0 Å². The summed E-state index contributed by atoms with van der Waals surface area (Å²) in [5, 5.41) is 3.22. The van der Waals surface area contributed by atoms with Gasteiger partial charge in [-0.2, -0.15) is 0 Å². The van der Waals surface area contributed by atoms with Gasteiger partial charge in [0.25, 0.3) is 0 Å². The average molecular weight is 282 g/mol. The van der Waals surface area contributed by atoms with E-state index in [1.165, 1.54) is 12.8 Å². The Morgan fingerprint density at radius 1 is 1.05 bits per heavy atom. The normalized spacial score (nSPS) is 24.5. The van der Waals surface area contributed by atoms with Crippen molar-refractivity contribution in [1.82, 2.24) is 5.32 Å². The summed E-state index contributed by atoms with van der Waals surface area (Å²) in [6, 6.07) is 0. The van der Waals surface area contributed by atoms with Crippen LogP contribution in [-0.4, -0.2) is 18.0 Å². The zero-order valence-corrected chi connectivity index (χ0v) is 14.1. The fourth-order valence-electron chi connectivity index (χ4n) is 3.73. The summed E-state index contributed by atoms with van der Waals surface area (Å²) in [4.78, 5) is 12.2. The molecule has 0 aromatic heterocycles. The van der Waals surface area contributed by atoms with E-state index < -0.39 is 0 Å². The number of rotatable bonds is 5. The third-order valence-corrected chi connectivity index (χ3v) is 4.22. The van der Waals surface area contributed by atoms with Crippen molar-refractivity contribution in [2.45, 2.75) is 78.7 Å². The molecule has 1 fully saturated rings. The van der Waals surface area contributed by atoms with Crippen molar-refractivity contribution in [1.29, 1.82) is 0 Å². The van der Waals surface area contributed by atoms with Crippen molar-refractivity contribution < 1.29 is 4.79 Å². The maximum Gasteiger partial charge on any atom is 0.220 e. The monoisotopic (exact) mass is 282 g/mol. The number of carbonyl (C=O) groups is 1.